The van der Waals surface area contributed by atoms with Crippen LogP contribution in [-0.2, 0) is 9.53 Å². The van der Waals surface area contributed by atoms with Crippen LogP contribution in [0.15, 0.2) is 0 Å². The van der Waals surface area contributed by atoms with Crippen molar-refractivity contribution in [2.24, 2.45) is 0 Å². The second-order valence-corrected chi connectivity index (χ2v) is 2.42. The molecule has 0 bridgehead atoms. The van der Waals surface area contributed by atoms with Gasteiger partial charge in [0.15, 0.2) is 6.10 Å². The summed E-state index contributed by atoms with van der Waals surface area (Å²) in [4.78, 5) is 10.5. The van der Waals surface area contributed by atoms with Gasteiger partial charge in [-0.1, -0.05) is 19.8 Å². The third-order valence-electron chi connectivity index (χ3n) is 1.46. The molecule has 0 aromatic heterocycles. The fourth-order valence-corrected chi connectivity index (χ4v) is 0.869. The summed E-state index contributed by atoms with van der Waals surface area (Å²) in [5, 5.41) is 8.61. The maximum atomic E-state index is 10.5. The van der Waals surface area contributed by atoms with Gasteiger partial charge in [0, 0.05) is 6.61 Å². The molecule has 1 N–H and O–H groups in total. The van der Waals surface area contributed by atoms with Gasteiger partial charge in [-0.15, -0.1) is 0 Å². The molecule has 70 valence electrons. The van der Waals surface area contributed by atoms with Gasteiger partial charge in [-0.2, -0.15) is 0 Å². The molecule has 0 aromatic carbocycles. The number of ether oxygens (including phenoxy) is 1. The van der Waals surface area contributed by atoms with Crippen LogP contribution in [-0.4, -0.2) is 72.7 Å². The van der Waals surface area contributed by atoms with Crippen LogP contribution in [0.3, 0.4) is 0 Å². The molecule has 0 aliphatic rings. The molecule has 0 saturated carbocycles. The smallest absolute Gasteiger partial charge is 1.00 e. The monoisotopic (exact) mass is 300 g/mol. The van der Waals surface area contributed by atoms with Crippen LogP contribution in [0.4, 0.5) is 0 Å². The third kappa shape index (κ3) is 7.64. The van der Waals surface area contributed by atoms with Crippen molar-refractivity contribution in [3.05, 3.63) is 0 Å². The molecule has 0 saturated heterocycles. The van der Waals surface area contributed by atoms with Gasteiger partial charge in [0.25, 0.3) is 0 Å². The van der Waals surface area contributed by atoms with Gasteiger partial charge in [0.2, 0.25) is 0 Å². The van der Waals surface area contributed by atoms with E-state index in [0.29, 0.717) is 13.0 Å². The topological polar surface area (TPSA) is 46.5 Å². The van der Waals surface area contributed by atoms with Crippen LogP contribution in [0, 0.1) is 0 Å². The van der Waals surface area contributed by atoms with Crippen LogP contribution < -0.4 is 0 Å². The molecule has 0 radical (unpaired) electrons. The number of aliphatic carboxylic acids is 1. The Kier molecular flexibility index (Phi) is 13.0. The van der Waals surface area contributed by atoms with E-state index in [9.17, 15) is 4.79 Å². The van der Waals surface area contributed by atoms with Gasteiger partial charge in [0.1, 0.15) is 0 Å². The molecule has 0 rings (SSSR count). The summed E-state index contributed by atoms with van der Waals surface area (Å²) < 4.78 is 5.01. The summed E-state index contributed by atoms with van der Waals surface area (Å²) >= 11 is 0. The van der Waals surface area contributed by atoms with E-state index < -0.39 is 12.1 Å². The maximum absolute atomic E-state index is 10.5. The fourth-order valence-electron chi connectivity index (χ4n) is 0.869. The van der Waals surface area contributed by atoms with Crippen molar-refractivity contribution < 1.29 is 17.5 Å². The number of unbranched alkanes of at least 4 members (excludes halogenated alkanes) is 1. The standard InChI is InChI=1S/C8H16O3.Ba.2H/c1-3-5-6-7(8(9)10)11-4-2;;;/h7H,3-6H2,1-2H3,(H,9,10);;;/q;+2;2*-1. The predicted molar refractivity (Wildman–Crippen MR) is 50.6 cm³/mol. The quantitative estimate of drug-likeness (QED) is 0.756. The summed E-state index contributed by atoms with van der Waals surface area (Å²) in [6, 6.07) is 0. The average molecular weight is 300 g/mol. The van der Waals surface area contributed by atoms with Gasteiger partial charge < -0.3 is 12.7 Å². The first-order valence-corrected chi connectivity index (χ1v) is 4.06. The molecular weight excluding hydrogens is 281 g/mol. The van der Waals surface area contributed by atoms with Crippen LogP contribution in [0.2, 0.25) is 0 Å². The summed E-state index contributed by atoms with van der Waals surface area (Å²) in [5.74, 6) is -0.847. The Labute approximate surface area is 117 Å². The zero-order valence-electron chi connectivity index (χ0n) is 9.88. The Bertz CT molecular complexity index is 125. The molecule has 0 amide bonds. The molecular formula is C8H18BaO3. The minimum Gasteiger partial charge on any atom is -1.00 e. The Hall–Kier alpha value is 1.00. The number of carboxylic acid groups (broad SMARTS) is 1. The molecule has 1 atom stereocenters. The van der Waals surface area contributed by atoms with E-state index in [0.717, 1.165) is 12.8 Å². The molecule has 0 aromatic rings. The largest absolute Gasteiger partial charge is 2.00 e. The molecule has 0 aliphatic carbocycles. The van der Waals surface area contributed by atoms with E-state index in [2.05, 4.69) is 0 Å². The first-order chi connectivity index (χ1) is 5.22. The number of hydrogen-bond donors (Lipinski definition) is 1. The molecule has 0 heterocycles. The van der Waals surface area contributed by atoms with E-state index in [1.165, 1.54) is 0 Å². The third-order valence-corrected chi connectivity index (χ3v) is 1.46. The predicted octanol–water partition coefficient (Wildman–Crippen LogP) is 1.51. The number of rotatable bonds is 6. The Morgan fingerprint density at radius 3 is 2.50 bits per heavy atom. The van der Waals surface area contributed by atoms with Crippen molar-refractivity contribution in [1.82, 2.24) is 0 Å². The van der Waals surface area contributed by atoms with E-state index in [4.69, 9.17) is 9.84 Å². The average Bonchev–Trinajstić information content (AvgIpc) is 1.97. The molecule has 0 aliphatic heterocycles. The first-order valence-electron chi connectivity index (χ1n) is 4.06. The first kappa shape index (κ1) is 15.5. The SMILES string of the molecule is CCCCC(OCC)C(=O)O.[Ba+2].[H-].[H-]. The van der Waals surface area contributed by atoms with E-state index in [1.54, 1.807) is 0 Å². The molecule has 0 fully saturated rings. The van der Waals surface area contributed by atoms with E-state index in [-0.39, 0.29) is 51.7 Å². The van der Waals surface area contributed by atoms with E-state index in [1.807, 2.05) is 13.8 Å². The number of hydrogen-bond acceptors (Lipinski definition) is 2. The summed E-state index contributed by atoms with van der Waals surface area (Å²) in [6.07, 6.45) is 1.95. The van der Waals surface area contributed by atoms with Gasteiger partial charge in [-0.3, -0.25) is 0 Å². The maximum Gasteiger partial charge on any atom is 2.00 e. The van der Waals surface area contributed by atoms with Crippen LogP contribution in [0.1, 0.15) is 36.0 Å². The summed E-state index contributed by atoms with van der Waals surface area (Å²) in [7, 11) is 0. The van der Waals surface area contributed by atoms with Gasteiger partial charge >= 0.3 is 54.9 Å². The summed E-state index contributed by atoms with van der Waals surface area (Å²) in [6.45, 7) is 4.31. The zero-order chi connectivity index (χ0) is 8.69. The number of carboxylic acids is 1. The van der Waals surface area contributed by atoms with Gasteiger partial charge in [-0.05, 0) is 13.3 Å². The Morgan fingerprint density at radius 2 is 2.17 bits per heavy atom. The second-order valence-electron chi connectivity index (χ2n) is 2.42. The van der Waals surface area contributed by atoms with E-state index >= 15 is 0 Å². The zero-order valence-corrected chi connectivity index (χ0v) is 12.3. The second kappa shape index (κ2) is 10.1. The van der Waals surface area contributed by atoms with Gasteiger partial charge in [-0.25, -0.2) is 4.79 Å². The van der Waals surface area contributed by atoms with Crippen molar-refractivity contribution in [2.45, 2.75) is 39.2 Å². The molecule has 4 heteroatoms. The number of carbonyl (C=O) groups is 1. The van der Waals surface area contributed by atoms with Crippen molar-refractivity contribution in [3.63, 3.8) is 0 Å². The molecule has 1 unspecified atom stereocenters. The van der Waals surface area contributed by atoms with Crippen molar-refractivity contribution in [1.29, 1.82) is 0 Å². The van der Waals surface area contributed by atoms with Crippen molar-refractivity contribution in [3.8, 4) is 0 Å². The van der Waals surface area contributed by atoms with Crippen LogP contribution >= 0.6 is 0 Å². The Balaban J connectivity index is -0.000000167. The molecule has 0 spiro atoms. The Morgan fingerprint density at radius 1 is 1.58 bits per heavy atom. The van der Waals surface area contributed by atoms with Crippen molar-refractivity contribution >= 4 is 54.9 Å². The fraction of sp³-hybridized carbons (Fsp3) is 0.875. The van der Waals surface area contributed by atoms with Crippen molar-refractivity contribution in [2.75, 3.05) is 6.61 Å². The minimum atomic E-state index is -0.847. The molecule has 12 heavy (non-hydrogen) atoms. The van der Waals surface area contributed by atoms with Crippen LogP contribution in [0.25, 0.3) is 0 Å². The summed E-state index contributed by atoms with van der Waals surface area (Å²) in [5.41, 5.74) is 0. The minimum absolute atomic E-state index is 0. The molecule has 3 nitrogen and oxygen atoms in total. The van der Waals surface area contributed by atoms with Gasteiger partial charge in [0.05, 0.1) is 0 Å². The normalized spacial score (nSPS) is 11.8. The van der Waals surface area contributed by atoms with Crippen LogP contribution in [0.5, 0.6) is 0 Å².